The summed E-state index contributed by atoms with van der Waals surface area (Å²) in [6, 6.07) is -1.19. The molecule has 7 nitrogen and oxygen atoms in total. The van der Waals surface area contributed by atoms with E-state index in [4.69, 9.17) is 9.11 Å². The van der Waals surface area contributed by atoms with E-state index in [1.54, 1.807) is 0 Å². The molecule has 0 rings (SSSR count). The highest BCUT2D eigenvalue weighted by Crippen LogP contribution is 1.68. The van der Waals surface area contributed by atoms with Crippen molar-refractivity contribution in [1.29, 1.82) is 0 Å². The molecule has 4 N–H and O–H groups in total. The first kappa shape index (κ1) is 9.49. The van der Waals surface area contributed by atoms with Gasteiger partial charge < -0.3 is 0 Å². The summed E-state index contributed by atoms with van der Waals surface area (Å²) in [7, 11) is 0. The maximum Gasteiger partial charge on any atom is 0.341 e. The Balaban J connectivity index is 3.65. The SMILES string of the molecule is O=C(NS(=O)O)NS(=O)O. The third kappa shape index (κ3) is 5.62. The summed E-state index contributed by atoms with van der Waals surface area (Å²) in [6.45, 7) is 0. The molecule has 0 heterocycles. The van der Waals surface area contributed by atoms with Crippen molar-refractivity contribution in [2.24, 2.45) is 0 Å². The van der Waals surface area contributed by atoms with Gasteiger partial charge in [-0.05, 0) is 0 Å². The average Bonchev–Trinajstić information content (AvgIpc) is 1.58. The van der Waals surface area contributed by atoms with Crippen molar-refractivity contribution in [2.45, 2.75) is 0 Å². The van der Waals surface area contributed by atoms with Gasteiger partial charge in [-0.15, -0.1) is 0 Å². The average molecular weight is 188 g/mol. The van der Waals surface area contributed by atoms with Crippen LogP contribution in [0.15, 0.2) is 0 Å². The van der Waals surface area contributed by atoms with Crippen LogP contribution < -0.4 is 9.44 Å². The van der Waals surface area contributed by atoms with Gasteiger partial charge in [0.25, 0.3) is 22.5 Å². The van der Waals surface area contributed by atoms with Crippen molar-refractivity contribution in [3.8, 4) is 0 Å². The Morgan fingerprint density at radius 3 is 1.60 bits per heavy atom. The molecular weight excluding hydrogens is 184 g/mol. The number of carbonyl (C=O) groups excluding carboxylic acids is 1. The second kappa shape index (κ2) is 4.33. The number of hydrogen-bond donors (Lipinski definition) is 4. The molecule has 0 saturated carbocycles. The van der Waals surface area contributed by atoms with Crippen molar-refractivity contribution < 1.29 is 22.3 Å². The highest BCUT2D eigenvalue weighted by atomic mass is 32.2. The molecule has 2 atom stereocenters. The number of amides is 2. The van der Waals surface area contributed by atoms with Crippen molar-refractivity contribution in [2.75, 3.05) is 0 Å². The minimum Gasteiger partial charge on any atom is -0.289 e. The lowest BCUT2D eigenvalue weighted by Crippen LogP contribution is -2.37. The highest BCUT2D eigenvalue weighted by molar-refractivity contribution is 7.79. The monoisotopic (exact) mass is 188 g/mol. The molecule has 0 aliphatic rings. The first-order valence-electron chi connectivity index (χ1n) is 1.81. The number of carbonyl (C=O) groups is 1. The van der Waals surface area contributed by atoms with Gasteiger partial charge in [0.2, 0.25) is 0 Å². The lowest BCUT2D eigenvalue weighted by atomic mass is 11.2. The zero-order chi connectivity index (χ0) is 8.15. The molecule has 0 radical (unpaired) electrons. The van der Waals surface area contributed by atoms with Crippen LogP contribution in [0.5, 0.6) is 0 Å². The molecule has 0 fully saturated rings. The normalized spacial score (nSPS) is 15.4. The van der Waals surface area contributed by atoms with Gasteiger partial charge in [0, 0.05) is 0 Å². The Hall–Kier alpha value is -0.510. The van der Waals surface area contributed by atoms with Gasteiger partial charge in [0.1, 0.15) is 0 Å². The fourth-order valence-corrected chi connectivity index (χ4v) is 0.663. The second-order valence-corrected chi connectivity index (χ2v) is 2.44. The molecule has 0 aromatic heterocycles. The Labute approximate surface area is 61.0 Å². The van der Waals surface area contributed by atoms with Crippen molar-refractivity contribution in [1.82, 2.24) is 9.44 Å². The predicted molar refractivity (Wildman–Crippen MR) is 33.2 cm³/mol. The summed E-state index contributed by atoms with van der Waals surface area (Å²) in [5.74, 6) is 0. The maximum atomic E-state index is 10.1. The smallest absolute Gasteiger partial charge is 0.289 e. The summed E-state index contributed by atoms with van der Waals surface area (Å²) in [5, 5.41) is 0. The van der Waals surface area contributed by atoms with Crippen LogP contribution in [-0.2, 0) is 22.5 Å². The molecule has 10 heavy (non-hydrogen) atoms. The molecule has 60 valence electrons. The van der Waals surface area contributed by atoms with Gasteiger partial charge in [-0.2, -0.15) is 0 Å². The van der Waals surface area contributed by atoms with Crippen molar-refractivity contribution in [3.63, 3.8) is 0 Å². The standard InChI is InChI=1S/CH4N2O5S2/c4-1(2-9(5)6)3-10(7)8/h(H,5,6)(H,7,8)(H2,2,3,4). The van der Waals surface area contributed by atoms with Crippen LogP contribution in [0.25, 0.3) is 0 Å². The molecule has 2 unspecified atom stereocenters. The first-order chi connectivity index (χ1) is 4.52. The molecule has 0 spiro atoms. The quantitative estimate of drug-likeness (QED) is 0.396. The first-order valence-corrected chi connectivity index (χ1v) is 4.02. The van der Waals surface area contributed by atoms with Crippen LogP contribution in [0, 0.1) is 0 Å². The van der Waals surface area contributed by atoms with E-state index in [1.165, 1.54) is 9.44 Å². The topological polar surface area (TPSA) is 116 Å². The van der Waals surface area contributed by atoms with E-state index in [0.29, 0.717) is 0 Å². The fraction of sp³-hybridized carbons (Fsp3) is 0. The fourth-order valence-electron chi connectivity index (χ4n) is 0.179. The lowest BCUT2D eigenvalue weighted by Gasteiger charge is -1.96. The Morgan fingerprint density at radius 1 is 1.10 bits per heavy atom. The molecule has 0 aliphatic heterocycles. The second-order valence-electron chi connectivity index (χ2n) is 1.03. The molecule has 0 saturated heterocycles. The van der Waals surface area contributed by atoms with E-state index in [-0.39, 0.29) is 0 Å². The largest absolute Gasteiger partial charge is 0.341 e. The van der Waals surface area contributed by atoms with Gasteiger partial charge in [-0.1, -0.05) is 0 Å². The minimum absolute atomic E-state index is 1.19. The third-order valence-corrected chi connectivity index (χ3v) is 1.08. The Kier molecular flexibility index (Phi) is 4.11. The van der Waals surface area contributed by atoms with Crippen LogP contribution in [0.3, 0.4) is 0 Å². The maximum absolute atomic E-state index is 10.1. The number of rotatable bonds is 2. The van der Waals surface area contributed by atoms with E-state index in [1.807, 2.05) is 0 Å². The number of hydrogen-bond acceptors (Lipinski definition) is 3. The Bertz CT molecular complexity index is 160. The van der Waals surface area contributed by atoms with Crippen LogP contribution in [0.1, 0.15) is 0 Å². The lowest BCUT2D eigenvalue weighted by molar-refractivity contribution is 0.250. The van der Waals surface area contributed by atoms with Crippen LogP contribution in [-0.4, -0.2) is 23.6 Å². The molecule has 2 amide bonds. The van der Waals surface area contributed by atoms with Crippen LogP contribution in [0.4, 0.5) is 4.79 Å². The zero-order valence-electron chi connectivity index (χ0n) is 4.44. The van der Waals surface area contributed by atoms with Gasteiger partial charge >= 0.3 is 6.03 Å². The summed E-state index contributed by atoms with van der Waals surface area (Å²) in [4.78, 5) is 10.1. The molecule has 9 heteroatoms. The highest BCUT2D eigenvalue weighted by Gasteiger charge is 2.03. The van der Waals surface area contributed by atoms with E-state index in [2.05, 4.69) is 0 Å². The van der Waals surface area contributed by atoms with Crippen molar-refractivity contribution in [3.05, 3.63) is 0 Å². The van der Waals surface area contributed by atoms with Crippen LogP contribution in [0.2, 0.25) is 0 Å². The van der Waals surface area contributed by atoms with E-state index < -0.39 is 28.6 Å². The summed E-state index contributed by atoms with van der Waals surface area (Å²) in [5.41, 5.74) is 0. The molecule has 0 aliphatic carbocycles. The minimum atomic E-state index is -2.52. The van der Waals surface area contributed by atoms with Crippen molar-refractivity contribution >= 4 is 28.6 Å². The third-order valence-electron chi connectivity index (χ3n) is 0.360. The van der Waals surface area contributed by atoms with E-state index in [0.717, 1.165) is 0 Å². The van der Waals surface area contributed by atoms with E-state index in [9.17, 15) is 13.2 Å². The van der Waals surface area contributed by atoms with Crippen LogP contribution >= 0.6 is 0 Å². The molecular formula is CH4N2O5S2. The molecule has 0 aromatic rings. The van der Waals surface area contributed by atoms with Gasteiger partial charge in [0.05, 0.1) is 0 Å². The molecule has 0 aromatic carbocycles. The zero-order valence-corrected chi connectivity index (χ0v) is 6.07. The van der Waals surface area contributed by atoms with Gasteiger partial charge in [-0.3, -0.25) is 9.11 Å². The van der Waals surface area contributed by atoms with Gasteiger partial charge in [0.15, 0.2) is 0 Å². The Morgan fingerprint density at radius 2 is 1.40 bits per heavy atom. The number of urea groups is 1. The summed E-state index contributed by atoms with van der Waals surface area (Å²) >= 11 is -5.04. The predicted octanol–water partition coefficient (Wildman–Crippen LogP) is -1.44. The molecule has 0 bridgehead atoms. The van der Waals surface area contributed by atoms with Gasteiger partial charge in [-0.25, -0.2) is 22.7 Å². The van der Waals surface area contributed by atoms with E-state index >= 15 is 0 Å². The number of nitrogens with one attached hydrogen (secondary N) is 2. The summed E-state index contributed by atoms with van der Waals surface area (Å²) in [6.07, 6.45) is 0. The summed E-state index contributed by atoms with van der Waals surface area (Å²) < 4.78 is 38.2.